The average Bonchev–Trinajstić information content (AvgIpc) is 3.07. The van der Waals surface area contributed by atoms with Gasteiger partial charge in [0.15, 0.2) is 0 Å². The van der Waals surface area contributed by atoms with E-state index in [1.165, 1.54) is 22.5 Å². The Morgan fingerprint density at radius 1 is 0.900 bits per heavy atom. The normalized spacial score (nSPS) is 11.5. The monoisotopic (exact) mass is 412 g/mol. The highest BCUT2D eigenvalue weighted by molar-refractivity contribution is 7.99. The van der Waals surface area contributed by atoms with E-state index in [-0.39, 0.29) is 5.91 Å². The molecule has 1 heterocycles. The van der Waals surface area contributed by atoms with E-state index in [1.807, 2.05) is 44.2 Å². The van der Waals surface area contributed by atoms with Gasteiger partial charge in [0.05, 0.1) is 0 Å². The molecular weight excluding hydrogens is 392 g/mol. The van der Waals surface area contributed by atoms with Crippen LogP contribution in [0.25, 0.3) is 33.3 Å². The van der Waals surface area contributed by atoms with Crippen molar-refractivity contribution in [1.82, 2.24) is 15.2 Å². The van der Waals surface area contributed by atoms with Crippen LogP contribution in [0.5, 0.6) is 0 Å². The molecule has 0 fully saturated rings. The van der Waals surface area contributed by atoms with Crippen LogP contribution in [0.15, 0.2) is 59.8 Å². The molecule has 148 valence electrons. The minimum atomic E-state index is -0.00816. The molecule has 4 aromatic rings. The fourth-order valence-electron chi connectivity index (χ4n) is 3.93. The number of aromatic nitrogens is 3. The molecule has 5 rings (SSSR count). The zero-order valence-electron chi connectivity index (χ0n) is 16.8. The molecule has 3 aromatic carbocycles. The van der Waals surface area contributed by atoms with E-state index < -0.39 is 0 Å². The Labute approximate surface area is 179 Å². The lowest BCUT2D eigenvalue weighted by Gasteiger charge is -2.11. The largest absolute Gasteiger partial charge is 0.326 e. The number of rotatable bonds is 5. The smallest absolute Gasteiger partial charge is 0.225 e. The van der Waals surface area contributed by atoms with Gasteiger partial charge in [-0.2, -0.15) is 0 Å². The zero-order chi connectivity index (χ0) is 20.7. The second-order valence-electron chi connectivity index (χ2n) is 7.41. The van der Waals surface area contributed by atoms with E-state index in [1.54, 1.807) is 0 Å². The second kappa shape index (κ2) is 7.54. The number of hydrogen-bond donors (Lipinski definition) is 1. The summed E-state index contributed by atoms with van der Waals surface area (Å²) >= 11 is 1.46. The fraction of sp³-hybridized carbons (Fsp3) is 0.167. The molecular formula is C24H20N4OS. The number of anilines is 1. The Morgan fingerprint density at radius 3 is 2.30 bits per heavy atom. The molecule has 0 atom stereocenters. The molecule has 1 amide bonds. The number of aryl methyl sites for hydroxylation is 2. The highest BCUT2D eigenvalue weighted by atomic mass is 32.2. The summed E-state index contributed by atoms with van der Waals surface area (Å²) in [5.74, 6) is 0.583. The van der Waals surface area contributed by atoms with Crippen LogP contribution in [0.1, 0.15) is 17.5 Å². The third kappa shape index (κ3) is 3.23. The number of fused-ring (bicyclic) bond motifs is 3. The molecule has 0 saturated heterocycles. The molecule has 5 nitrogen and oxygen atoms in total. The van der Waals surface area contributed by atoms with Gasteiger partial charge >= 0.3 is 0 Å². The fourth-order valence-corrected chi connectivity index (χ4v) is 4.65. The summed E-state index contributed by atoms with van der Waals surface area (Å²) in [5, 5.41) is 14.7. The third-order valence-corrected chi connectivity index (χ3v) is 6.23. The predicted octanol–water partition coefficient (Wildman–Crippen LogP) is 5.41. The predicted molar refractivity (Wildman–Crippen MR) is 122 cm³/mol. The highest BCUT2D eigenvalue weighted by Crippen LogP contribution is 2.44. The standard InChI is InChI=1S/C24H20N4OS/c1-14-6-3-7-15(2)21(14)25-19(29)12-13-30-24-26-22-17-10-4-8-16-9-5-11-18(20(16)17)23(22)27-28-24/h3-11H,12-13H2,1-2H3,(H,25,29). The van der Waals surface area contributed by atoms with E-state index in [2.05, 4.69) is 39.8 Å². The van der Waals surface area contributed by atoms with Crippen LogP contribution in [0.4, 0.5) is 5.69 Å². The number of hydrogen-bond acceptors (Lipinski definition) is 5. The summed E-state index contributed by atoms with van der Waals surface area (Å²) in [4.78, 5) is 17.1. The highest BCUT2D eigenvalue weighted by Gasteiger charge is 2.24. The van der Waals surface area contributed by atoms with Gasteiger partial charge in [-0.3, -0.25) is 4.79 Å². The topological polar surface area (TPSA) is 67.8 Å². The van der Waals surface area contributed by atoms with Gasteiger partial charge in [0.1, 0.15) is 11.4 Å². The zero-order valence-corrected chi connectivity index (χ0v) is 17.6. The quantitative estimate of drug-likeness (QED) is 0.391. The number of amides is 1. The molecule has 6 heteroatoms. The minimum absolute atomic E-state index is 0.00816. The molecule has 30 heavy (non-hydrogen) atoms. The molecule has 1 aliphatic rings. The lowest BCUT2D eigenvalue weighted by atomic mass is 10.0. The molecule has 0 saturated carbocycles. The third-order valence-electron chi connectivity index (χ3n) is 5.39. The van der Waals surface area contributed by atoms with Crippen molar-refractivity contribution < 1.29 is 4.79 Å². The Balaban J connectivity index is 1.29. The summed E-state index contributed by atoms with van der Waals surface area (Å²) in [5.41, 5.74) is 6.92. The lowest BCUT2D eigenvalue weighted by Crippen LogP contribution is -2.14. The summed E-state index contributed by atoms with van der Waals surface area (Å²) < 4.78 is 0. The summed E-state index contributed by atoms with van der Waals surface area (Å²) in [6.45, 7) is 4.00. The molecule has 0 aliphatic heterocycles. The van der Waals surface area contributed by atoms with Crippen molar-refractivity contribution in [1.29, 1.82) is 0 Å². The summed E-state index contributed by atoms with van der Waals surface area (Å²) in [6, 6.07) is 18.4. The van der Waals surface area contributed by atoms with E-state index in [0.29, 0.717) is 17.3 Å². The van der Waals surface area contributed by atoms with Crippen LogP contribution in [-0.4, -0.2) is 26.8 Å². The molecule has 1 aromatic heterocycles. The first-order chi connectivity index (χ1) is 14.6. The van der Waals surface area contributed by atoms with Crippen LogP contribution in [0.2, 0.25) is 0 Å². The van der Waals surface area contributed by atoms with Crippen molar-refractivity contribution in [3.8, 4) is 22.5 Å². The summed E-state index contributed by atoms with van der Waals surface area (Å²) in [7, 11) is 0. The van der Waals surface area contributed by atoms with Crippen molar-refractivity contribution in [2.24, 2.45) is 0 Å². The van der Waals surface area contributed by atoms with Gasteiger partial charge in [-0.25, -0.2) is 4.98 Å². The lowest BCUT2D eigenvalue weighted by molar-refractivity contribution is -0.115. The van der Waals surface area contributed by atoms with E-state index in [0.717, 1.165) is 39.3 Å². The Hall–Kier alpha value is -3.25. The van der Waals surface area contributed by atoms with Crippen LogP contribution >= 0.6 is 11.8 Å². The SMILES string of the molecule is Cc1cccc(C)c1NC(=O)CCSc1nnc2c(n1)-c1cccc3cccc-2c13. The average molecular weight is 413 g/mol. The molecule has 1 N–H and O–H groups in total. The number of carbonyl (C=O) groups excluding carboxylic acids is 1. The number of nitrogens with zero attached hydrogens (tertiary/aromatic N) is 3. The van der Waals surface area contributed by atoms with Crippen molar-refractivity contribution in [2.45, 2.75) is 25.4 Å². The van der Waals surface area contributed by atoms with Crippen LogP contribution in [0, 0.1) is 13.8 Å². The maximum absolute atomic E-state index is 12.4. The van der Waals surface area contributed by atoms with Gasteiger partial charge in [0, 0.05) is 34.4 Å². The molecule has 1 aliphatic carbocycles. The number of para-hydroxylation sites is 1. The minimum Gasteiger partial charge on any atom is -0.326 e. The van der Waals surface area contributed by atoms with E-state index in [4.69, 9.17) is 4.98 Å². The molecule has 0 unspecified atom stereocenters. The second-order valence-corrected chi connectivity index (χ2v) is 8.48. The van der Waals surface area contributed by atoms with Crippen LogP contribution < -0.4 is 5.32 Å². The summed E-state index contributed by atoms with van der Waals surface area (Å²) in [6.07, 6.45) is 0.384. The number of carbonyl (C=O) groups is 1. The van der Waals surface area contributed by atoms with Gasteiger partial charge in [0.25, 0.3) is 0 Å². The Bertz CT molecular complexity index is 1280. The van der Waals surface area contributed by atoms with Crippen LogP contribution in [0.3, 0.4) is 0 Å². The van der Waals surface area contributed by atoms with E-state index in [9.17, 15) is 4.79 Å². The maximum Gasteiger partial charge on any atom is 0.225 e. The maximum atomic E-state index is 12.4. The Morgan fingerprint density at radius 2 is 1.57 bits per heavy atom. The first-order valence-electron chi connectivity index (χ1n) is 9.88. The van der Waals surface area contributed by atoms with E-state index >= 15 is 0 Å². The molecule has 0 bridgehead atoms. The molecule has 0 spiro atoms. The first-order valence-corrected chi connectivity index (χ1v) is 10.9. The molecule has 0 radical (unpaired) electrons. The van der Waals surface area contributed by atoms with Gasteiger partial charge in [-0.15, -0.1) is 10.2 Å². The van der Waals surface area contributed by atoms with Gasteiger partial charge < -0.3 is 5.32 Å². The van der Waals surface area contributed by atoms with Crippen molar-refractivity contribution in [3.05, 3.63) is 65.7 Å². The van der Waals surface area contributed by atoms with Gasteiger partial charge in [-0.1, -0.05) is 66.4 Å². The number of nitrogens with one attached hydrogen (secondary N) is 1. The number of thioether (sulfide) groups is 1. The van der Waals surface area contributed by atoms with Crippen molar-refractivity contribution in [2.75, 3.05) is 11.1 Å². The van der Waals surface area contributed by atoms with Gasteiger partial charge in [-0.05, 0) is 30.4 Å². The Kier molecular flexibility index (Phi) is 4.71. The number of benzene rings is 3. The van der Waals surface area contributed by atoms with Crippen molar-refractivity contribution >= 4 is 34.1 Å². The van der Waals surface area contributed by atoms with Crippen molar-refractivity contribution in [3.63, 3.8) is 0 Å². The van der Waals surface area contributed by atoms with Gasteiger partial charge in [0.2, 0.25) is 11.1 Å². The van der Waals surface area contributed by atoms with Crippen LogP contribution in [-0.2, 0) is 4.79 Å². The first kappa shape index (κ1) is 18.8.